The Bertz CT molecular complexity index is 602. The van der Waals surface area contributed by atoms with Crippen molar-refractivity contribution in [2.24, 2.45) is 0 Å². The van der Waals surface area contributed by atoms with Gasteiger partial charge in [0.05, 0.1) is 0 Å². The predicted octanol–water partition coefficient (Wildman–Crippen LogP) is 3.12. The number of hydrogen-bond donors (Lipinski definition) is 1. The first-order chi connectivity index (χ1) is 10.1. The van der Waals surface area contributed by atoms with Gasteiger partial charge in [0.2, 0.25) is 0 Å². The maximum absolute atomic E-state index is 5.72. The van der Waals surface area contributed by atoms with Crippen molar-refractivity contribution in [2.45, 2.75) is 39.2 Å². The number of pyridine rings is 1. The van der Waals surface area contributed by atoms with Crippen LogP contribution in [0.3, 0.4) is 0 Å². The number of nitrogens with two attached hydrogens (primary N) is 1. The maximum Gasteiger partial charge on any atom is 0.180 e. The minimum Gasteiger partial charge on any atom is -0.375 e. The van der Waals surface area contributed by atoms with Gasteiger partial charge in [0, 0.05) is 35.6 Å². The van der Waals surface area contributed by atoms with Crippen molar-refractivity contribution in [3.8, 4) is 0 Å². The molecule has 1 saturated heterocycles. The standard InChI is InChI=1S/C16H22N4S/c1-11-6-14(7-12(2)19-11)13-4-3-5-20(9-13)10-15-8-18-16(17)21-15/h6-8,13H,3-5,9-10H2,1-2H3,(H2,17,18). The molecule has 0 spiro atoms. The number of rotatable bonds is 3. The van der Waals surface area contributed by atoms with Gasteiger partial charge in [-0.3, -0.25) is 9.88 Å². The molecule has 0 aromatic carbocycles. The van der Waals surface area contributed by atoms with Crippen molar-refractivity contribution in [2.75, 3.05) is 18.8 Å². The van der Waals surface area contributed by atoms with Crippen LogP contribution in [-0.2, 0) is 6.54 Å². The van der Waals surface area contributed by atoms with Crippen molar-refractivity contribution < 1.29 is 0 Å². The van der Waals surface area contributed by atoms with Crippen molar-refractivity contribution in [1.82, 2.24) is 14.9 Å². The van der Waals surface area contributed by atoms with E-state index in [0.717, 1.165) is 31.0 Å². The highest BCUT2D eigenvalue weighted by atomic mass is 32.1. The Morgan fingerprint density at radius 3 is 2.76 bits per heavy atom. The second-order valence-corrected chi connectivity index (χ2v) is 7.07. The molecule has 1 atom stereocenters. The van der Waals surface area contributed by atoms with Crippen LogP contribution in [0.2, 0.25) is 0 Å². The minimum atomic E-state index is 0.615. The van der Waals surface area contributed by atoms with Crippen LogP contribution in [0, 0.1) is 13.8 Å². The Balaban J connectivity index is 1.70. The molecule has 3 rings (SSSR count). The van der Waals surface area contributed by atoms with Crippen LogP contribution in [0.4, 0.5) is 5.13 Å². The van der Waals surface area contributed by atoms with Gasteiger partial charge in [0.25, 0.3) is 0 Å². The number of aromatic nitrogens is 2. The van der Waals surface area contributed by atoms with E-state index in [1.165, 1.54) is 23.3 Å². The highest BCUT2D eigenvalue weighted by molar-refractivity contribution is 7.15. The third-order valence-corrected chi connectivity index (χ3v) is 4.84. The lowest BCUT2D eigenvalue weighted by molar-refractivity contribution is 0.201. The third kappa shape index (κ3) is 3.60. The van der Waals surface area contributed by atoms with E-state index in [2.05, 4.69) is 40.8 Å². The summed E-state index contributed by atoms with van der Waals surface area (Å²) in [5, 5.41) is 0.666. The van der Waals surface area contributed by atoms with Crippen molar-refractivity contribution >= 4 is 16.5 Å². The zero-order valence-corrected chi connectivity index (χ0v) is 13.5. The summed E-state index contributed by atoms with van der Waals surface area (Å²) in [5.74, 6) is 0.615. The zero-order valence-electron chi connectivity index (χ0n) is 12.7. The normalized spacial score (nSPS) is 19.8. The molecule has 0 bridgehead atoms. The molecule has 3 heterocycles. The van der Waals surface area contributed by atoms with Gasteiger partial charge in [-0.2, -0.15) is 0 Å². The Morgan fingerprint density at radius 1 is 1.33 bits per heavy atom. The van der Waals surface area contributed by atoms with E-state index >= 15 is 0 Å². The molecule has 4 nitrogen and oxygen atoms in total. The maximum atomic E-state index is 5.72. The number of likely N-dealkylation sites (tertiary alicyclic amines) is 1. The summed E-state index contributed by atoms with van der Waals surface area (Å²) >= 11 is 1.60. The molecule has 0 aliphatic carbocycles. The number of anilines is 1. The third-order valence-electron chi connectivity index (χ3n) is 4.03. The van der Waals surface area contributed by atoms with E-state index in [4.69, 9.17) is 5.73 Å². The molecule has 112 valence electrons. The van der Waals surface area contributed by atoms with Gasteiger partial charge < -0.3 is 5.73 Å². The molecule has 21 heavy (non-hydrogen) atoms. The summed E-state index contributed by atoms with van der Waals surface area (Å²) in [7, 11) is 0. The second-order valence-electron chi connectivity index (χ2n) is 5.92. The number of hydrogen-bond acceptors (Lipinski definition) is 5. The van der Waals surface area contributed by atoms with E-state index in [1.54, 1.807) is 11.3 Å². The lowest BCUT2D eigenvalue weighted by Gasteiger charge is -2.32. The first-order valence-corrected chi connectivity index (χ1v) is 8.29. The Morgan fingerprint density at radius 2 is 2.10 bits per heavy atom. The molecule has 1 unspecified atom stereocenters. The number of nitrogens with zero attached hydrogens (tertiary/aromatic N) is 3. The number of aryl methyl sites for hydroxylation is 2. The van der Waals surface area contributed by atoms with Gasteiger partial charge in [-0.05, 0) is 56.8 Å². The van der Waals surface area contributed by atoms with Crippen LogP contribution in [0.5, 0.6) is 0 Å². The fraction of sp³-hybridized carbons (Fsp3) is 0.500. The predicted molar refractivity (Wildman–Crippen MR) is 87.5 cm³/mol. The summed E-state index contributed by atoms with van der Waals surface area (Å²) < 4.78 is 0. The molecule has 2 N–H and O–H groups in total. The quantitative estimate of drug-likeness (QED) is 0.946. The van der Waals surface area contributed by atoms with Crippen LogP contribution in [0.25, 0.3) is 0 Å². The molecule has 2 aromatic rings. The van der Waals surface area contributed by atoms with Gasteiger partial charge in [0.1, 0.15) is 0 Å². The molecule has 5 heteroatoms. The first-order valence-electron chi connectivity index (χ1n) is 7.48. The van der Waals surface area contributed by atoms with E-state index in [0.29, 0.717) is 11.0 Å². The van der Waals surface area contributed by atoms with E-state index in [1.807, 2.05) is 6.20 Å². The number of thiazole rings is 1. The summed E-state index contributed by atoms with van der Waals surface area (Å²) in [6.45, 7) is 7.40. The first kappa shape index (κ1) is 14.5. The minimum absolute atomic E-state index is 0.615. The molecular weight excluding hydrogens is 280 g/mol. The molecule has 0 saturated carbocycles. The topological polar surface area (TPSA) is 55.0 Å². The largest absolute Gasteiger partial charge is 0.375 e. The molecule has 1 aliphatic rings. The van der Waals surface area contributed by atoms with E-state index in [-0.39, 0.29) is 0 Å². The average Bonchev–Trinajstić information content (AvgIpc) is 2.83. The molecule has 0 amide bonds. The van der Waals surface area contributed by atoms with Crippen molar-refractivity contribution in [3.05, 3.63) is 40.2 Å². The van der Waals surface area contributed by atoms with Crippen LogP contribution in [0.1, 0.15) is 40.6 Å². The van der Waals surface area contributed by atoms with Crippen molar-refractivity contribution in [1.29, 1.82) is 0 Å². The fourth-order valence-electron chi connectivity index (χ4n) is 3.19. The fourth-order valence-corrected chi connectivity index (χ4v) is 3.92. The monoisotopic (exact) mass is 302 g/mol. The Hall–Kier alpha value is -1.46. The van der Waals surface area contributed by atoms with E-state index in [9.17, 15) is 0 Å². The molecular formula is C16H22N4S. The molecule has 0 radical (unpaired) electrons. The summed E-state index contributed by atoms with van der Waals surface area (Å²) in [4.78, 5) is 12.4. The Kier molecular flexibility index (Phi) is 4.22. The lowest BCUT2D eigenvalue weighted by Crippen LogP contribution is -2.33. The molecule has 2 aromatic heterocycles. The van der Waals surface area contributed by atoms with Gasteiger partial charge in [-0.1, -0.05) is 0 Å². The molecule has 1 aliphatic heterocycles. The lowest BCUT2D eigenvalue weighted by atomic mass is 9.90. The van der Waals surface area contributed by atoms with Crippen molar-refractivity contribution in [3.63, 3.8) is 0 Å². The van der Waals surface area contributed by atoms with Gasteiger partial charge in [-0.15, -0.1) is 11.3 Å². The van der Waals surface area contributed by atoms with Crippen LogP contribution >= 0.6 is 11.3 Å². The average molecular weight is 302 g/mol. The number of piperidine rings is 1. The summed E-state index contributed by atoms with van der Waals surface area (Å²) in [6, 6.07) is 4.48. The Labute approximate surface area is 130 Å². The summed E-state index contributed by atoms with van der Waals surface area (Å²) in [6.07, 6.45) is 4.42. The highest BCUT2D eigenvalue weighted by Gasteiger charge is 2.22. The highest BCUT2D eigenvalue weighted by Crippen LogP contribution is 2.29. The van der Waals surface area contributed by atoms with E-state index < -0.39 is 0 Å². The van der Waals surface area contributed by atoms with Crippen LogP contribution in [-0.4, -0.2) is 28.0 Å². The van der Waals surface area contributed by atoms with Gasteiger partial charge >= 0.3 is 0 Å². The van der Waals surface area contributed by atoms with Crippen LogP contribution in [0.15, 0.2) is 18.3 Å². The molecule has 1 fully saturated rings. The van der Waals surface area contributed by atoms with Gasteiger partial charge in [-0.25, -0.2) is 4.98 Å². The van der Waals surface area contributed by atoms with Gasteiger partial charge in [0.15, 0.2) is 5.13 Å². The SMILES string of the molecule is Cc1cc(C2CCCN(Cc3cnc(N)s3)C2)cc(C)n1. The zero-order chi connectivity index (χ0) is 14.8. The summed E-state index contributed by atoms with van der Waals surface area (Å²) in [5.41, 5.74) is 9.40. The smallest absolute Gasteiger partial charge is 0.180 e. The van der Waals surface area contributed by atoms with Crippen LogP contribution < -0.4 is 5.73 Å². The number of nitrogen functional groups attached to an aromatic ring is 1. The second kappa shape index (κ2) is 6.12.